The Morgan fingerprint density at radius 1 is 1.20 bits per heavy atom. The maximum atomic E-state index is 11.4. The van der Waals surface area contributed by atoms with E-state index in [0.717, 1.165) is 19.3 Å². The van der Waals surface area contributed by atoms with E-state index in [9.17, 15) is 20.1 Å². The predicted octanol–water partition coefficient (Wildman–Crippen LogP) is 3.15. The largest absolute Gasteiger partial charge is 0.393 e. The number of amides is 1. The van der Waals surface area contributed by atoms with Crippen LogP contribution in [-0.4, -0.2) is 46.1 Å². The van der Waals surface area contributed by atoms with Crippen molar-refractivity contribution in [3.8, 4) is 0 Å². The molecule has 0 bridgehead atoms. The molecular weight excluding hydrogens is 378 g/mol. The molecule has 3 unspecified atom stereocenters. The zero-order valence-electron chi connectivity index (χ0n) is 18.0. The van der Waals surface area contributed by atoms with Gasteiger partial charge in [0.25, 0.3) is 0 Å². The number of carbonyl (C=O) groups is 1. The summed E-state index contributed by atoms with van der Waals surface area (Å²) in [6, 6.07) is 10.1. The predicted molar refractivity (Wildman–Crippen MR) is 120 cm³/mol. The number of hydrogen-bond donors (Lipinski definition) is 4. The topological polar surface area (TPSA) is 89.8 Å². The Bertz CT molecular complexity index is 673. The van der Waals surface area contributed by atoms with E-state index in [1.54, 1.807) is 6.08 Å². The summed E-state index contributed by atoms with van der Waals surface area (Å²) in [4.78, 5) is 11.4. The zero-order chi connectivity index (χ0) is 21.8. The Kier molecular flexibility index (Phi) is 10.8. The summed E-state index contributed by atoms with van der Waals surface area (Å²) in [6.45, 7) is 2.57. The van der Waals surface area contributed by atoms with Crippen LogP contribution in [0.2, 0.25) is 0 Å². The number of benzene rings is 1. The fraction of sp³-hybridized carbons (Fsp3) is 0.560. The van der Waals surface area contributed by atoms with Gasteiger partial charge in [0.2, 0.25) is 5.91 Å². The van der Waals surface area contributed by atoms with Crippen LogP contribution in [0.15, 0.2) is 54.6 Å². The van der Waals surface area contributed by atoms with Crippen molar-refractivity contribution < 1.29 is 20.1 Å². The second kappa shape index (κ2) is 13.4. The fourth-order valence-electron chi connectivity index (χ4n) is 4.06. The van der Waals surface area contributed by atoms with Gasteiger partial charge >= 0.3 is 0 Å². The maximum Gasteiger partial charge on any atom is 0.219 e. The lowest BCUT2D eigenvalue weighted by molar-refractivity contribution is -0.121. The van der Waals surface area contributed by atoms with Gasteiger partial charge in [-0.1, -0.05) is 54.6 Å². The molecule has 2 rings (SSSR count). The molecule has 1 aromatic rings. The quantitative estimate of drug-likeness (QED) is 0.312. The lowest BCUT2D eigenvalue weighted by Gasteiger charge is -2.19. The molecule has 5 atom stereocenters. The molecule has 0 radical (unpaired) electrons. The van der Waals surface area contributed by atoms with Crippen molar-refractivity contribution in [2.24, 2.45) is 11.8 Å². The Morgan fingerprint density at radius 2 is 1.97 bits per heavy atom. The molecule has 0 saturated heterocycles. The minimum Gasteiger partial charge on any atom is -0.393 e. The average Bonchev–Trinajstić information content (AvgIpc) is 3.00. The number of nitrogens with one attached hydrogen (secondary N) is 1. The van der Waals surface area contributed by atoms with Gasteiger partial charge in [-0.3, -0.25) is 4.79 Å². The van der Waals surface area contributed by atoms with Gasteiger partial charge in [-0.2, -0.15) is 0 Å². The lowest BCUT2D eigenvalue weighted by Crippen LogP contribution is -2.21. The highest BCUT2D eigenvalue weighted by Crippen LogP contribution is 2.36. The number of aliphatic hydroxyl groups excluding tert-OH is 3. The Hall–Kier alpha value is -1.95. The smallest absolute Gasteiger partial charge is 0.219 e. The molecule has 0 aliphatic heterocycles. The van der Waals surface area contributed by atoms with Crippen LogP contribution in [0, 0.1) is 11.8 Å². The SMILES string of the molecule is CCNC(=O)CCC/C=C/CC1C(O)CC(O)[C@@H]1C=C[C@H](O)CCc1ccccc1. The minimum atomic E-state index is -0.589. The van der Waals surface area contributed by atoms with E-state index in [-0.39, 0.29) is 17.7 Å². The van der Waals surface area contributed by atoms with E-state index in [2.05, 4.69) is 5.32 Å². The van der Waals surface area contributed by atoms with Gasteiger partial charge in [0, 0.05) is 25.3 Å². The van der Waals surface area contributed by atoms with Crippen LogP contribution in [-0.2, 0) is 11.2 Å². The van der Waals surface area contributed by atoms with Crippen LogP contribution >= 0.6 is 0 Å². The first-order valence-electron chi connectivity index (χ1n) is 11.2. The second-order valence-corrected chi connectivity index (χ2v) is 8.14. The standard InChI is InChI=1S/C25H37NO4/c1-2-26-25(30)13-9-4-3-8-12-21-22(24(29)18-23(21)28)17-16-20(27)15-14-19-10-6-5-7-11-19/h3,5-8,10-11,16-17,20-24,27-29H,2,4,9,12-15,18H2,1H3,(H,26,30)/b8-3+,17-16?/t20-,21?,22-,23?,24?/m1/s1. The molecule has 1 aliphatic rings. The van der Waals surface area contributed by atoms with Crippen molar-refractivity contribution in [1.29, 1.82) is 0 Å². The molecule has 1 amide bonds. The Balaban J connectivity index is 1.78. The monoisotopic (exact) mass is 415 g/mol. The molecule has 4 N–H and O–H groups in total. The number of carbonyl (C=O) groups excluding carboxylic acids is 1. The molecule has 1 saturated carbocycles. The maximum absolute atomic E-state index is 11.4. The van der Waals surface area contributed by atoms with Crippen molar-refractivity contribution in [3.05, 3.63) is 60.2 Å². The van der Waals surface area contributed by atoms with E-state index in [4.69, 9.17) is 0 Å². The summed E-state index contributed by atoms with van der Waals surface area (Å²) in [5.74, 6) is -0.139. The van der Waals surface area contributed by atoms with Crippen molar-refractivity contribution in [2.45, 2.75) is 70.2 Å². The van der Waals surface area contributed by atoms with E-state index >= 15 is 0 Å². The summed E-state index contributed by atoms with van der Waals surface area (Å²) in [6.07, 6.45) is 10.6. The minimum absolute atomic E-state index is 0.0581. The van der Waals surface area contributed by atoms with Crippen LogP contribution in [0.1, 0.15) is 51.0 Å². The van der Waals surface area contributed by atoms with Gasteiger partial charge in [0.05, 0.1) is 18.3 Å². The highest BCUT2D eigenvalue weighted by Gasteiger charge is 2.39. The summed E-state index contributed by atoms with van der Waals surface area (Å²) in [5.41, 5.74) is 1.19. The molecule has 1 aromatic carbocycles. The highest BCUT2D eigenvalue weighted by atomic mass is 16.3. The van der Waals surface area contributed by atoms with Crippen LogP contribution in [0.25, 0.3) is 0 Å². The number of allylic oxidation sites excluding steroid dienone is 2. The van der Waals surface area contributed by atoms with E-state index < -0.39 is 18.3 Å². The number of hydrogen-bond acceptors (Lipinski definition) is 4. The van der Waals surface area contributed by atoms with Crippen molar-refractivity contribution in [3.63, 3.8) is 0 Å². The van der Waals surface area contributed by atoms with Crippen LogP contribution in [0.4, 0.5) is 0 Å². The van der Waals surface area contributed by atoms with Gasteiger partial charge in [-0.15, -0.1) is 0 Å². The van der Waals surface area contributed by atoms with Crippen molar-refractivity contribution in [2.75, 3.05) is 6.54 Å². The first-order chi connectivity index (χ1) is 14.5. The molecule has 0 spiro atoms. The van der Waals surface area contributed by atoms with Crippen LogP contribution < -0.4 is 5.32 Å². The summed E-state index contributed by atoms with van der Waals surface area (Å²) < 4.78 is 0. The molecule has 1 aliphatic carbocycles. The third-order valence-corrected chi connectivity index (χ3v) is 5.77. The third kappa shape index (κ3) is 8.42. The first kappa shape index (κ1) is 24.3. The molecule has 5 heteroatoms. The molecule has 1 fully saturated rings. The summed E-state index contributed by atoms with van der Waals surface area (Å²) >= 11 is 0. The number of aryl methyl sites for hydroxylation is 1. The first-order valence-corrected chi connectivity index (χ1v) is 11.2. The molecule has 30 heavy (non-hydrogen) atoms. The summed E-state index contributed by atoms with van der Waals surface area (Å²) in [5, 5.41) is 33.8. The highest BCUT2D eigenvalue weighted by molar-refractivity contribution is 5.75. The lowest BCUT2D eigenvalue weighted by atomic mass is 9.89. The molecule has 5 nitrogen and oxygen atoms in total. The molecular formula is C25H37NO4. The van der Waals surface area contributed by atoms with Gasteiger partial charge < -0.3 is 20.6 Å². The summed E-state index contributed by atoms with van der Waals surface area (Å²) in [7, 11) is 0. The number of rotatable bonds is 12. The van der Waals surface area contributed by atoms with Gasteiger partial charge in [-0.05, 0) is 50.5 Å². The van der Waals surface area contributed by atoms with E-state index in [0.29, 0.717) is 32.2 Å². The zero-order valence-corrected chi connectivity index (χ0v) is 18.0. The van der Waals surface area contributed by atoms with E-state index in [1.165, 1.54) is 5.56 Å². The molecule has 166 valence electrons. The number of aliphatic hydroxyl groups is 3. The second-order valence-electron chi connectivity index (χ2n) is 8.14. The van der Waals surface area contributed by atoms with Crippen LogP contribution in [0.5, 0.6) is 0 Å². The molecule has 0 heterocycles. The molecule has 0 aromatic heterocycles. The van der Waals surface area contributed by atoms with Gasteiger partial charge in [0.15, 0.2) is 0 Å². The Morgan fingerprint density at radius 3 is 2.70 bits per heavy atom. The normalized spacial score (nSPS) is 25.2. The number of unbranched alkanes of at least 4 members (excludes halogenated alkanes) is 1. The van der Waals surface area contributed by atoms with Crippen LogP contribution in [0.3, 0.4) is 0 Å². The van der Waals surface area contributed by atoms with E-state index in [1.807, 2.05) is 55.5 Å². The third-order valence-electron chi connectivity index (χ3n) is 5.77. The van der Waals surface area contributed by atoms with Crippen molar-refractivity contribution >= 4 is 5.91 Å². The Labute approximate surface area is 180 Å². The average molecular weight is 416 g/mol. The van der Waals surface area contributed by atoms with Crippen molar-refractivity contribution in [1.82, 2.24) is 5.32 Å². The fourth-order valence-corrected chi connectivity index (χ4v) is 4.06. The van der Waals surface area contributed by atoms with Gasteiger partial charge in [-0.25, -0.2) is 0 Å². The van der Waals surface area contributed by atoms with Gasteiger partial charge in [0.1, 0.15) is 0 Å².